The first-order valence-corrected chi connectivity index (χ1v) is 14.9. The molecule has 1 aliphatic rings. The lowest BCUT2D eigenvalue weighted by atomic mass is 9.92. The molecule has 1 atom stereocenters. The van der Waals surface area contributed by atoms with Gasteiger partial charge < -0.3 is 9.84 Å². The maximum Gasteiger partial charge on any atom is 0.257 e. The summed E-state index contributed by atoms with van der Waals surface area (Å²) in [5.41, 5.74) is 6.29. The summed E-state index contributed by atoms with van der Waals surface area (Å²) in [5.74, 6) is 0.171. The Morgan fingerprint density at radius 1 is 1.07 bits per heavy atom. The minimum atomic E-state index is -0.453. The van der Waals surface area contributed by atoms with Crippen molar-refractivity contribution in [1.29, 1.82) is 5.26 Å². The number of aryl methyl sites for hydroxylation is 1. The summed E-state index contributed by atoms with van der Waals surface area (Å²) in [4.78, 5) is 14.2. The minimum Gasteiger partial charge on any atom is -0.390 e. The zero-order chi connectivity index (χ0) is 28.9. The quantitative estimate of drug-likeness (QED) is 0.257. The zero-order valence-electron chi connectivity index (χ0n) is 24.3. The Morgan fingerprint density at radius 2 is 1.80 bits per heavy atom. The first kappa shape index (κ1) is 28.8. The zero-order valence-corrected chi connectivity index (χ0v) is 24.3. The first-order chi connectivity index (χ1) is 19.9. The van der Waals surface area contributed by atoms with Crippen molar-refractivity contribution in [1.82, 2.24) is 14.2 Å². The van der Waals surface area contributed by atoms with E-state index in [0.29, 0.717) is 18.6 Å². The molecular formula is C34H40N4O3. The van der Waals surface area contributed by atoms with Gasteiger partial charge in [-0.15, -0.1) is 0 Å². The summed E-state index contributed by atoms with van der Waals surface area (Å²) >= 11 is 0. The van der Waals surface area contributed by atoms with Crippen molar-refractivity contribution in [2.24, 2.45) is 5.92 Å². The van der Waals surface area contributed by atoms with Gasteiger partial charge in [0, 0.05) is 24.1 Å². The lowest BCUT2D eigenvalue weighted by Crippen LogP contribution is -2.35. The third-order valence-corrected chi connectivity index (χ3v) is 8.41. The molecule has 0 radical (unpaired) electrons. The molecule has 0 saturated heterocycles. The maximum atomic E-state index is 14.2. The van der Waals surface area contributed by atoms with E-state index in [4.69, 9.17) is 4.74 Å². The predicted octanol–water partition coefficient (Wildman–Crippen LogP) is 6.10. The van der Waals surface area contributed by atoms with Gasteiger partial charge in [0.1, 0.15) is 5.65 Å². The van der Waals surface area contributed by atoms with Crippen molar-refractivity contribution in [3.05, 3.63) is 93.5 Å². The number of aliphatic hydroxyl groups excluding tert-OH is 1. The van der Waals surface area contributed by atoms with Crippen molar-refractivity contribution >= 4 is 5.65 Å². The van der Waals surface area contributed by atoms with Crippen LogP contribution in [0.5, 0.6) is 0 Å². The average Bonchev–Trinajstić information content (AvgIpc) is 3.48. The second-order valence-corrected chi connectivity index (χ2v) is 11.6. The van der Waals surface area contributed by atoms with Gasteiger partial charge in [-0.3, -0.25) is 9.36 Å². The molecule has 41 heavy (non-hydrogen) atoms. The highest BCUT2D eigenvalue weighted by Crippen LogP contribution is 2.32. The molecule has 7 nitrogen and oxygen atoms in total. The van der Waals surface area contributed by atoms with Crippen LogP contribution in [0, 0.1) is 17.2 Å². The standard InChI is InChI=1S/C34H40N4O3/c1-4-7-31-30(20-24-10-12-25(13-11-24)29-9-6-5-8-26(29)21-35)34(40)37(33-18-19-36-38(31)33)27-14-16-28(17-15-27)41-22-32(39)23(2)3/h5-6,8-13,18-19,23,27-28,32,39H,4,7,14-17,20,22H2,1-3H3/t27-,28-,32?. The highest BCUT2D eigenvalue weighted by molar-refractivity contribution is 5.70. The summed E-state index contributed by atoms with van der Waals surface area (Å²) < 4.78 is 9.97. The Balaban J connectivity index is 1.43. The van der Waals surface area contributed by atoms with Crippen LogP contribution in [0.1, 0.15) is 81.3 Å². The SMILES string of the molecule is CCCc1c(Cc2ccc(-c3ccccc3C#N)cc2)c(=O)n([C@H]2CC[C@H](OCC(O)C(C)C)CC2)c2ccnn12. The van der Waals surface area contributed by atoms with Gasteiger partial charge in [-0.2, -0.15) is 10.4 Å². The van der Waals surface area contributed by atoms with Gasteiger partial charge in [0.25, 0.3) is 5.56 Å². The Hall–Kier alpha value is -3.73. The first-order valence-electron chi connectivity index (χ1n) is 14.9. The molecule has 5 rings (SSSR count). The van der Waals surface area contributed by atoms with Gasteiger partial charge in [-0.05, 0) is 60.8 Å². The number of nitrogens with zero attached hydrogens (tertiary/aromatic N) is 4. The van der Waals surface area contributed by atoms with E-state index < -0.39 is 6.10 Å². The van der Waals surface area contributed by atoms with Crippen molar-refractivity contribution < 1.29 is 9.84 Å². The summed E-state index contributed by atoms with van der Waals surface area (Å²) in [6.07, 6.45) is 7.08. The van der Waals surface area contributed by atoms with E-state index in [1.54, 1.807) is 6.20 Å². The van der Waals surface area contributed by atoms with Crippen molar-refractivity contribution in [3.8, 4) is 17.2 Å². The van der Waals surface area contributed by atoms with E-state index in [1.807, 2.05) is 65.4 Å². The summed E-state index contributed by atoms with van der Waals surface area (Å²) in [6, 6.07) is 20.1. The number of aliphatic hydroxyl groups is 1. The van der Waals surface area contributed by atoms with Gasteiger partial charge in [0.05, 0.1) is 42.3 Å². The summed E-state index contributed by atoms with van der Waals surface area (Å²) in [5, 5.41) is 24.3. The molecule has 1 N–H and O–H groups in total. The minimum absolute atomic E-state index is 0.0694. The average molecular weight is 553 g/mol. The number of benzene rings is 2. The molecule has 2 aromatic carbocycles. The van der Waals surface area contributed by atoms with Crippen molar-refractivity contribution in [3.63, 3.8) is 0 Å². The number of nitriles is 1. The molecule has 0 aliphatic heterocycles. The lowest BCUT2D eigenvalue weighted by molar-refractivity contribution is -0.0416. The maximum absolute atomic E-state index is 14.2. The monoisotopic (exact) mass is 552 g/mol. The summed E-state index contributed by atoms with van der Waals surface area (Å²) in [7, 11) is 0. The molecule has 7 heteroatoms. The van der Waals surface area contributed by atoms with Crippen molar-refractivity contribution in [2.45, 2.75) is 84.0 Å². The van der Waals surface area contributed by atoms with E-state index >= 15 is 0 Å². The number of aromatic nitrogens is 3. The highest BCUT2D eigenvalue weighted by atomic mass is 16.5. The largest absolute Gasteiger partial charge is 0.390 e. The van der Waals surface area contributed by atoms with Gasteiger partial charge in [0.2, 0.25) is 0 Å². The smallest absolute Gasteiger partial charge is 0.257 e. The van der Waals surface area contributed by atoms with Crippen LogP contribution in [0.2, 0.25) is 0 Å². The number of rotatable bonds is 10. The van der Waals surface area contributed by atoms with E-state index in [9.17, 15) is 15.2 Å². The lowest BCUT2D eigenvalue weighted by Gasteiger charge is -2.31. The van der Waals surface area contributed by atoms with Crippen LogP contribution < -0.4 is 5.56 Å². The van der Waals surface area contributed by atoms with Gasteiger partial charge in [-0.1, -0.05) is 69.7 Å². The predicted molar refractivity (Wildman–Crippen MR) is 161 cm³/mol. The third kappa shape index (κ3) is 6.14. The second-order valence-electron chi connectivity index (χ2n) is 11.6. The van der Waals surface area contributed by atoms with Crippen LogP contribution in [0.25, 0.3) is 16.8 Å². The molecule has 1 saturated carbocycles. The van der Waals surface area contributed by atoms with E-state index in [-0.39, 0.29) is 23.6 Å². The molecular weight excluding hydrogens is 512 g/mol. The molecule has 0 spiro atoms. The number of fused-ring (bicyclic) bond motifs is 1. The molecule has 0 amide bonds. The molecule has 4 aromatic rings. The van der Waals surface area contributed by atoms with Crippen LogP contribution in [0.15, 0.2) is 65.6 Å². The van der Waals surface area contributed by atoms with Crippen LogP contribution in [-0.2, 0) is 17.6 Å². The van der Waals surface area contributed by atoms with Crippen LogP contribution >= 0.6 is 0 Å². The normalized spacial score (nSPS) is 18.0. The van der Waals surface area contributed by atoms with Gasteiger partial charge in [0.15, 0.2) is 0 Å². The Bertz CT molecular complexity index is 1570. The Morgan fingerprint density at radius 3 is 2.49 bits per heavy atom. The van der Waals surface area contributed by atoms with Gasteiger partial charge >= 0.3 is 0 Å². The van der Waals surface area contributed by atoms with Gasteiger partial charge in [-0.25, -0.2) is 4.52 Å². The fourth-order valence-electron chi connectivity index (χ4n) is 5.95. The summed E-state index contributed by atoms with van der Waals surface area (Å²) in [6.45, 7) is 6.48. The number of hydrogen-bond donors (Lipinski definition) is 1. The molecule has 1 aliphatic carbocycles. The fourth-order valence-corrected chi connectivity index (χ4v) is 5.95. The van der Waals surface area contributed by atoms with Crippen LogP contribution in [0.3, 0.4) is 0 Å². The molecule has 0 bridgehead atoms. The Labute approximate surface area is 242 Å². The molecule has 1 fully saturated rings. The second kappa shape index (κ2) is 12.8. The Kier molecular flexibility index (Phi) is 9.02. The fraction of sp³-hybridized carbons (Fsp3) is 0.441. The highest BCUT2D eigenvalue weighted by Gasteiger charge is 2.28. The van der Waals surface area contributed by atoms with Crippen molar-refractivity contribution in [2.75, 3.05) is 6.61 Å². The van der Waals surface area contributed by atoms with E-state index in [0.717, 1.165) is 72.1 Å². The topological polar surface area (TPSA) is 92.5 Å². The molecule has 1 unspecified atom stereocenters. The van der Waals surface area contributed by atoms with E-state index in [2.05, 4.69) is 30.2 Å². The molecule has 2 heterocycles. The van der Waals surface area contributed by atoms with Crippen LogP contribution in [0.4, 0.5) is 0 Å². The third-order valence-electron chi connectivity index (χ3n) is 8.41. The molecule has 2 aromatic heterocycles. The number of hydrogen-bond acceptors (Lipinski definition) is 5. The number of ether oxygens (including phenoxy) is 1. The van der Waals surface area contributed by atoms with Crippen LogP contribution in [-0.4, -0.2) is 38.1 Å². The molecule has 214 valence electrons. The van der Waals surface area contributed by atoms with E-state index in [1.165, 1.54) is 0 Å².